The van der Waals surface area contributed by atoms with Crippen molar-refractivity contribution in [3.05, 3.63) is 17.8 Å². The van der Waals surface area contributed by atoms with Gasteiger partial charge in [-0.05, 0) is 38.8 Å². The molecule has 18 heavy (non-hydrogen) atoms. The quantitative estimate of drug-likeness (QED) is 0.860. The summed E-state index contributed by atoms with van der Waals surface area (Å²) in [6, 6.07) is 4.13. The second-order valence-electron chi connectivity index (χ2n) is 5.89. The molecule has 4 heteroatoms. The molecule has 0 atom stereocenters. The van der Waals surface area contributed by atoms with E-state index in [1.165, 1.54) is 32.1 Å². The number of nitrogens with zero attached hydrogens (tertiary/aromatic N) is 2. The van der Waals surface area contributed by atoms with E-state index in [1.54, 1.807) is 0 Å². The number of hydrogen-bond donors (Lipinski definition) is 2. The first kappa shape index (κ1) is 13.3. The first-order valence-electron chi connectivity index (χ1n) is 6.92. The smallest absolute Gasteiger partial charge is 0.149 e. The monoisotopic (exact) mass is 248 g/mol. The Balaban J connectivity index is 2.00. The molecule has 100 valence electrons. The molecule has 1 aromatic rings. The maximum atomic E-state index is 5.69. The summed E-state index contributed by atoms with van der Waals surface area (Å²) in [6.07, 6.45) is 6.54. The molecule has 0 saturated heterocycles. The molecule has 1 fully saturated rings. The van der Waals surface area contributed by atoms with Crippen molar-refractivity contribution < 1.29 is 0 Å². The summed E-state index contributed by atoms with van der Waals surface area (Å²) in [5.41, 5.74) is 6.70. The van der Waals surface area contributed by atoms with Gasteiger partial charge in [-0.3, -0.25) is 0 Å². The van der Waals surface area contributed by atoms with Crippen LogP contribution < -0.4 is 11.1 Å². The predicted octanol–water partition coefficient (Wildman–Crippen LogP) is 2.67. The van der Waals surface area contributed by atoms with E-state index < -0.39 is 0 Å². The fourth-order valence-corrected chi connectivity index (χ4v) is 2.42. The normalized spacial score (nSPS) is 17.7. The zero-order chi connectivity index (χ0) is 13.0. The van der Waals surface area contributed by atoms with Gasteiger partial charge in [0.05, 0.1) is 5.69 Å². The minimum atomic E-state index is -0.138. The van der Waals surface area contributed by atoms with Gasteiger partial charge in [0, 0.05) is 18.0 Å². The van der Waals surface area contributed by atoms with Gasteiger partial charge in [0.15, 0.2) is 0 Å². The van der Waals surface area contributed by atoms with Crippen LogP contribution in [0, 0.1) is 0 Å². The van der Waals surface area contributed by atoms with Gasteiger partial charge in [-0.2, -0.15) is 5.10 Å². The van der Waals surface area contributed by atoms with Crippen LogP contribution in [0.3, 0.4) is 0 Å². The van der Waals surface area contributed by atoms with E-state index in [-0.39, 0.29) is 5.54 Å². The lowest BCUT2D eigenvalue weighted by molar-refractivity contribution is 0.434. The van der Waals surface area contributed by atoms with E-state index in [1.807, 2.05) is 6.07 Å². The number of anilines is 1. The molecule has 1 aliphatic rings. The highest BCUT2D eigenvalue weighted by atomic mass is 15.2. The van der Waals surface area contributed by atoms with Gasteiger partial charge in [-0.25, -0.2) is 0 Å². The van der Waals surface area contributed by atoms with Gasteiger partial charge in [0.2, 0.25) is 0 Å². The average Bonchev–Trinajstić information content (AvgIpc) is 2.40. The fraction of sp³-hybridized carbons (Fsp3) is 0.714. The van der Waals surface area contributed by atoms with Gasteiger partial charge >= 0.3 is 0 Å². The third-order valence-corrected chi connectivity index (χ3v) is 3.69. The molecule has 0 amide bonds. The first-order valence-corrected chi connectivity index (χ1v) is 6.92. The van der Waals surface area contributed by atoms with E-state index in [4.69, 9.17) is 5.73 Å². The minimum Gasteiger partial charge on any atom is -0.362 e. The Labute approximate surface area is 109 Å². The Morgan fingerprint density at radius 1 is 1.22 bits per heavy atom. The summed E-state index contributed by atoms with van der Waals surface area (Å²) in [5, 5.41) is 11.9. The summed E-state index contributed by atoms with van der Waals surface area (Å²) in [4.78, 5) is 0. The van der Waals surface area contributed by atoms with Gasteiger partial charge in [-0.15, -0.1) is 5.10 Å². The number of aromatic nitrogens is 2. The molecule has 1 saturated carbocycles. The molecule has 4 nitrogen and oxygen atoms in total. The Bertz CT molecular complexity index is 366. The number of hydrogen-bond acceptors (Lipinski definition) is 4. The molecule has 2 rings (SSSR count). The van der Waals surface area contributed by atoms with Crippen molar-refractivity contribution in [2.75, 3.05) is 11.9 Å². The topological polar surface area (TPSA) is 63.8 Å². The van der Waals surface area contributed by atoms with Gasteiger partial charge < -0.3 is 11.1 Å². The molecule has 0 unspecified atom stereocenters. The summed E-state index contributed by atoms with van der Waals surface area (Å²) < 4.78 is 0. The fourth-order valence-electron chi connectivity index (χ4n) is 2.42. The Kier molecular flexibility index (Phi) is 4.17. The summed E-state index contributed by atoms with van der Waals surface area (Å²) in [5.74, 6) is 1.42. The molecule has 0 radical (unpaired) electrons. The average molecular weight is 248 g/mol. The van der Waals surface area contributed by atoms with E-state index in [0.717, 1.165) is 11.5 Å². The lowest BCUT2D eigenvalue weighted by Crippen LogP contribution is -2.39. The molecule has 0 aromatic carbocycles. The van der Waals surface area contributed by atoms with Crippen LogP contribution in [0.25, 0.3) is 0 Å². The molecular weight excluding hydrogens is 224 g/mol. The Hall–Kier alpha value is -1.16. The van der Waals surface area contributed by atoms with Crippen LogP contribution in [-0.4, -0.2) is 22.3 Å². The molecule has 3 N–H and O–H groups in total. The van der Waals surface area contributed by atoms with Crippen LogP contribution in [-0.2, 0) is 0 Å². The maximum absolute atomic E-state index is 5.69. The molecule has 0 bridgehead atoms. The van der Waals surface area contributed by atoms with Crippen molar-refractivity contribution in [1.29, 1.82) is 0 Å². The molecule has 1 aliphatic carbocycles. The lowest BCUT2D eigenvalue weighted by atomic mass is 9.87. The summed E-state index contributed by atoms with van der Waals surface area (Å²) >= 11 is 0. The Morgan fingerprint density at radius 2 is 1.94 bits per heavy atom. The van der Waals surface area contributed by atoms with Crippen LogP contribution in [0.5, 0.6) is 0 Å². The highest BCUT2D eigenvalue weighted by Gasteiger charge is 2.18. The van der Waals surface area contributed by atoms with Crippen LogP contribution in [0.15, 0.2) is 12.1 Å². The number of nitrogens with one attached hydrogen (secondary N) is 1. The number of nitrogens with two attached hydrogens (primary N) is 1. The highest BCUT2D eigenvalue weighted by molar-refractivity contribution is 5.36. The van der Waals surface area contributed by atoms with Gasteiger partial charge in [0.25, 0.3) is 0 Å². The van der Waals surface area contributed by atoms with Crippen molar-refractivity contribution in [2.24, 2.45) is 5.73 Å². The summed E-state index contributed by atoms with van der Waals surface area (Å²) in [6.45, 7) is 4.69. The minimum absolute atomic E-state index is 0.138. The standard InChI is InChI=1S/C14H24N4/c1-14(2,10-15)16-13-9-8-12(17-18-13)11-6-4-3-5-7-11/h8-9,11H,3-7,10,15H2,1-2H3,(H,16,18). The lowest BCUT2D eigenvalue weighted by Gasteiger charge is -2.25. The van der Waals surface area contributed by atoms with E-state index in [2.05, 4.69) is 35.4 Å². The molecule has 1 aromatic heterocycles. The van der Waals surface area contributed by atoms with Crippen LogP contribution >= 0.6 is 0 Å². The molecule has 0 spiro atoms. The molecule has 0 aliphatic heterocycles. The number of rotatable bonds is 4. The molecular formula is C14H24N4. The summed E-state index contributed by atoms with van der Waals surface area (Å²) in [7, 11) is 0. The van der Waals surface area contributed by atoms with Crippen molar-refractivity contribution in [3.8, 4) is 0 Å². The van der Waals surface area contributed by atoms with Crippen LogP contribution in [0.4, 0.5) is 5.82 Å². The maximum Gasteiger partial charge on any atom is 0.149 e. The van der Waals surface area contributed by atoms with Crippen molar-refractivity contribution in [1.82, 2.24) is 10.2 Å². The third kappa shape index (κ3) is 3.42. The second kappa shape index (κ2) is 5.65. The largest absolute Gasteiger partial charge is 0.362 e. The van der Waals surface area contributed by atoms with Gasteiger partial charge in [0.1, 0.15) is 5.82 Å². The van der Waals surface area contributed by atoms with E-state index >= 15 is 0 Å². The first-order chi connectivity index (χ1) is 8.61. The van der Waals surface area contributed by atoms with Crippen LogP contribution in [0.2, 0.25) is 0 Å². The van der Waals surface area contributed by atoms with Crippen molar-refractivity contribution in [3.63, 3.8) is 0 Å². The third-order valence-electron chi connectivity index (χ3n) is 3.69. The van der Waals surface area contributed by atoms with E-state index in [9.17, 15) is 0 Å². The second-order valence-corrected chi connectivity index (χ2v) is 5.89. The predicted molar refractivity (Wildman–Crippen MR) is 74.6 cm³/mol. The zero-order valence-corrected chi connectivity index (χ0v) is 11.4. The molecule has 1 heterocycles. The van der Waals surface area contributed by atoms with Crippen LogP contribution in [0.1, 0.15) is 57.6 Å². The Morgan fingerprint density at radius 3 is 2.50 bits per heavy atom. The van der Waals surface area contributed by atoms with Gasteiger partial charge in [-0.1, -0.05) is 19.3 Å². The van der Waals surface area contributed by atoms with E-state index in [0.29, 0.717) is 12.5 Å². The van der Waals surface area contributed by atoms with Crippen molar-refractivity contribution in [2.45, 2.75) is 57.4 Å². The van der Waals surface area contributed by atoms with Crippen molar-refractivity contribution >= 4 is 5.82 Å². The highest BCUT2D eigenvalue weighted by Crippen LogP contribution is 2.31. The SMILES string of the molecule is CC(C)(CN)Nc1ccc(C2CCCCC2)nn1. The zero-order valence-electron chi connectivity index (χ0n) is 11.4.